The molecule has 2 rings (SSSR count). The second kappa shape index (κ2) is 9.53. The highest BCUT2D eigenvalue weighted by Gasteiger charge is 1.96. The zero-order valence-electron chi connectivity index (χ0n) is 12.7. The van der Waals surface area contributed by atoms with Gasteiger partial charge in [0.15, 0.2) is 0 Å². The van der Waals surface area contributed by atoms with Gasteiger partial charge in [-0.25, -0.2) is 0 Å². The summed E-state index contributed by atoms with van der Waals surface area (Å²) >= 11 is 0. The molecule has 0 aromatic heterocycles. The van der Waals surface area contributed by atoms with Crippen LogP contribution < -0.4 is 20.9 Å². The van der Waals surface area contributed by atoms with E-state index < -0.39 is 0 Å². The van der Waals surface area contributed by atoms with Crippen LogP contribution in [0.1, 0.15) is 20.3 Å². The van der Waals surface area contributed by atoms with Crippen LogP contribution in [-0.4, -0.2) is 13.2 Å². The molecule has 0 saturated carbocycles. The van der Waals surface area contributed by atoms with Crippen LogP contribution in [0.2, 0.25) is 0 Å². The highest BCUT2D eigenvalue weighted by atomic mass is 16.5. The van der Waals surface area contributed by atoms with Crippen LogP contribution in [-0.2, 0) is 0 Å². The average Bonchev–Trinajstić information content (AvgIpc) is 2.53. The van der Waals surface area contributed by atoms with E-state index in [1.807, 2.05) is 62.4 Å². The van der Waals surface area contributed by atoms with E-state index in [0.717, 1.165) is 29.3 Å². The molecule has 0 radical (unpaired) electrons. The van der Waals surface area contributed by atoms with Crippen molar-refractivity contribution in [3.05, 3.63) is 48.5 Å². The molecule has 114 valence electrons. The van der Waals surface area contributed by atoms with Gasteiger partial charge in [0, 0.05) is 17.8 Å². The highest BCUT2D eigenvalue weighted by Crippen LogP contribution is 2.14. The molecule has 2 aromatic carbocycles. The van der Waals surface area contributed by atoms with E-state index in [9.17, 15) is 0 Å². The molecule has 4 heteroatoms. The Labute approximate surface area is 126 Å². The van der Waals surface area contributed by atoms with E-state index in [0.29, 0.717) is 13.2 Å². The van der Waals surface area contributed by atoms with Crippen molar-refractivity contribution in [1.82, 2.24) is 0 Å². The summed E-state index contributed by atoms with van der Waals surface area (Å²) in [5, 5.41) is 0. The van der Waals surface area contributed by atoms with E-state index in [1.165, 1.54) is 0 Å². The lowest BCUT2D eigenvalue weighted by molar-refractivity contribution is 0.247. The lowest BCUT2D eigenvalue weighted by Crippen LogP contribution is -2.05. The standard InChI is InChI=1S/C15H18N2O2.C2H6/c16-12-2-6-14(7-3-12)18-10-1-11-19-15-8-4-13(17)5-9-15;1-2/h2-9H,1,10-11,16-17H2;1-2H3. The van der Waals surface area contributed by atoms with Crippen molar-refractivity contribution < 1.29 is 9.47 Å². The quantitative estimate of drug-likeness (QED) is 0.627. The topological polar surface area (TPSA) is 70.5 Å². The highest BCUT2D eigenvalue weighted by molar-refractivity contribution is 5.42. The number of anilines is 2. The molecule has 4 N–H and O–H groups in total. The molecule has 0 aliphatic carbocycles. The first-order chi connectivity index (χ1) is 10.2. The molecule has 0 atom stereocenters. The molecule has 4 nitrogen and oxygen atoms in total. The largest absolute Gasteiger partial charge is 0.493 e. The van der Waals surface area contributed by atoms with Crippen molar-refractivity contribution in [1.29, 1.82) is 0 Å². The fourth-order valence-electron chi connectivity index (χ4n) is 1.57. The van der Waals surface area contributed by atoms with Crippen LogP contribution in [0, 0.1) is 0 Å². The molecule has 0 aliphatic rings. The van der Waals surface area contributed by atoms with Gasteiger partial charge < -0.3 is 20.9 Å². The van der Waals surface area contributed by atoms with Gasteiger partial charge in [0.25, 0.3) is 0 Å². The number of hydrogen-bond donors (Lipinski definition) is 2. The van der Waals surface area contributed by atoms with Crippen molar-refractivity contribution in [3.8, 4) is 11.5 Å². The van der Waals surface area contributed by atoms with Crippen molar-refractivity contribution in [2.24, 2.45) is 0 Å². The average molecular weight is 288 g/mol. The number of rotatable bonds is 6. The summed E-state index contributed by atoms with van der Waals surface area (Å²) in [5.41, 5.74) is 12.7. The summed E-state index contributed by atoms with van der Waals surface area (Å²) in [4.78, 5) is 0. The molecular weight excluding hydrogens is 264 g/mol. The van der Waals surface area contributed by atoms with Gasteiger partial charge in [-0.3, -0.25) is 0 Å². The van der Waals surface area contributed by atoms with Gasteiger partial charge in [-0.05, 0) is 48.5 Å². The third-order valence-corrected chi connectivity index (χ3v) is 2.59. The maximum atomic E-state index is 5.59. The molecule has 0 unspecified atom stereocenters. The molecule has 0 heterocycles. The summed E-state index contributed by atoms with van der Waals surface area (Å²) in [6, 6.07) is 14.7. The molecule has 21 heavy (non-hydrogen) atoms. The Bertz CT molecular complexity index is 448. The maximum absolute atomic E-state index is 5.59. The Morgan fingerprint density at radius 2 is 1.00 bits per heavy atom. The third kappa shape index (κ3) is 6.56. The van der Waals surface area contributed by atoms with E-state index >= 15 is 0 Å². The van der Waals surface area contributed by atoms with Crippen LogP contribution in [0.15, 0.2) is 48.5 Å². The summed E-state index contributed by atoms with van der Waals surface area (Å²) in [6.45, 7) is 5.22. The Morgan fingerprint density at radius 1 is 0.667 bits per heavy atom. The Morgan fingerprint density at radius 3 is 1.33 bits per heavy atom. The monoisotopic (exact) mass is 288 g/mol. The lowest BCUT2D eigenvalue weighted by atomic mass is 10.3. The van der Waals surface area contributed by atoms with Crippen LogP contribution in [0.4, 0.5) is 11.4 Å². The molecule has 0 amide bonds. The Hall–Kier alpha value is -2.36. The van der Waals surface area contributed by atoms with Crippen molar-refractivity contribution in [2.75, 3.05) is 24.7 Å². The predicted molar refractivity (Wildman–Crippen MR) is 88.7 cm³/mol. The van der Waals surface area contributed by atoms with Gasteiger partial charge in [-0.15, -0.1) is 0 Å². The second-order valence-corrected chi connectivity index (χ2v) is 4.19. The van der Waals surface area contributed by atoms with E-state index in [4.69, 9.17) is 20.9 Å². The first-order valence-corrected chi connectivity index (χ1v) is 7.21. The summed E-state index contributed by atoms with van der Waals surface area (Å²) < 4.78 is 11.1. The lowest BCUT2D eigenvalue weighted by Gasteiger charge is -2.08. The molecule has 0 fully saturated rings. The molecule has 2 aromatic rings. The number of nitrogen functional groups attached to an aromatic ring is 2. The van der Waals surface area contributed by atoms with Crippen molar-refractivity contribution >= 4 is 11.4 Å². The fourth-order valence-corrected chi connectivity index (χ4v) is 1.57. The van der Waals surface area contributed by atoms with Gasteiger partial charge in [-0.1, -0.05) is 13.8 Å². The smallest absolute Gasteiger partial charge is 0.119 e. The second-order valence-electron chi connectivity index (χ2n) is 4.19. The molecular formula is C17H24N2O2. The number of nitrogens with two attached hydrogens (primary N) is 2. The minimum absolute atomic E-state index is 0.610. The normalized spacial score (nSPS) is 9.43. The van der Waals surface area contributed by atoms with Crippen molar-refractivity contribution in [2.45, 2.75) is 20.3 Å². The summed E-state index contributed by atoms with van der Waals surface area (Å²) in [6.07, 6.45) is 0.814. The summed E-state index contributed by atoms with van der Waals surface area (Å²) in [5.74, 6) is 1.64. The van der Waals surface area contributed by atoms with Gasteiger partial charge in [0.2, 0.25) is 0 Å². The first-order valence-electron chi connectivity index (χ1n) is 7.21. The van der Waals surface area contributed by atoms with Crippen LogP contribution >= 0.6 is 0 Å². The fraction of sp³-hybridized carbons (Fsp3) is 0.294. The molecule has 0 spiro atoms. The minimum Gasteiger partial charge on any atom is -0.493 e. The SMILES string of the molecule is CC.Nc1ccc(OCCCOc2ccc(N)cc2)cc1. The van der Waals surface area contributed by atoms with Gasteiger partial charge in [0.05, 0.1) is 13.2 Å². The number of hydrogen-bond acceptors (Lipinski definition) is 4. The van der Waals surface area contributed by atoms with Crippen LogP contribution in [0.5, 0.6) is 11.5 Å². The molecule has 0 aliphatic heterocycles. The maximum Gasteiger partial charge on any atom is 0.119 e. The Kier molecular flexibility index (Phi) is 7.58. The van der Waals surface area contributed by atoms with Crippen LogP contribution in [0.25, 0.3) is 0 Å². The van der Waals surface area contributed by atoms with E-state index in [2.05, 4.69) is 0 Å². The van der Waals surface area contributed by atoms with Crippen LogP contribution in [0.3, 0.4) is 0 Å². The third-order valence-electron chi connectivity index (χ3n) is 2.59. The first kappa shape index (κ1) is 16.7. The zero-order valence-corrected chi connectivity index (χ0v) is 12.7. The molecule has 0 saturated heterocycles. The number of ether oxygens (including phenoxy) is 2. The minimum atomic E-state index is 0.610. The van der Waals surface area contributed by atoms with Gasteiger partial charge >= 0.3 is 0 Å². The zero-order chi connectivity index (χ0) is 15.5. The predicted octanol–water partition coefficient (Wildman–Crippen LogP) is 3.73. The van der Waals surface area contributed by atoms with E-state index in [1.54, 1.807) is 0 Å². The number of benzene rings is 2. The van der Waals surface area contributed by atoms with E-state index in [-0.39, 0.29) is 0 Å². The molecule has 0 bridgehead atoms. The Balaban J connectivity index is 0.00000106. The van der Waals surface area contributed by atoms with Crippen molar-refractivity contribution in [3.63, 3.8) is 0 Å². The van der Waals surface area contributed by atoms with Gasteiger partial charge in [-0.2, -0.15) is 0 Å². The summed E-state index contributed by atoms with van der Waals surface area (Å²) in [7, 11) is 0. The van der Waals surface area contributed by atoms with Gasteiger partial charge in [0.1, 0.15) is 11.5 Å².